The number of fused-ring (bicyclic) bond motifs is 4. The van der Waals surface area contributed by atoms with Crippen LogP contribution in [0.2, 0.25) is 0 Å². The molecule has 2 heterocycles. The molecule has 0 bridgehead atoms. The number of Topliss-reactive ketones (excluding diaryl/α,β-unsaturated/α-hetero) is 2. The fourth-order valence-electron chi connectivity index (χ4n) is 4.87. The predicted octanol–water partition coefficient (Wildman–Crippen LogP) is 6.47. The second-order valence-electron chi connectivity index (χ2n) is 8.66. The number of carbonyl (C=O) groups excluding carboxylic acids is 2. The summed E-state index contributed by atoms with van der Waals surface area (Å²) in [5.74, 6) is 0.334. The Morgan fingerprint density at radius 2 is 1.37 bits per heavy atom. The summed E-state index contributed by atoms with van der Waals surface area (Å²) in [7, 11) is 1.94. The summed E-state index contributed by atoms with van der Waals surface area (Å²) in [6.45, 7) is 0. The number of allylic oxidation sites excluding steroid dienone is 1. The lowest BCUT2D eigenvalue weighted by atomic mass is 10.0. The van der Waals surface area contributed by atoms with Gasteiger partial charge in [0.15, 0.2) is 22.0 Å². The highest BCUT2D eigenvalue weighted by Crippen LogP contribution is 2.35. The van der Waals surface area contributed by atoms with Gasteiger partial charge in [0.2, 0.25) is 0 Å². The molecule has 0 radical (unpaired) electrons. The average Bonchev–Trinajstić information content (AvgIpc) is 3.50. The summed E-state index contributed by atoms with van der Waals surface area (Å²) >= 11 is 1.38. The molecule has 4 aromatic carbocycles. The number of rotatable bonds is 2. The number of hydrogen-bond acceptors (Lipinski definition) is 5. The number of aryl methyl sites for hydroxylation is 1. The van der Waals surface area contributed by atoms with Crippen LogP contribution in [0.25, 0.3) is 49.5 Å². The van der Waals surface area contributed by atoms with E-state index in [-0.39, 0.29) is 17.1 Å². The minimum absolute atomic E-state index is 0.156. The molecule has 166 valence electrons. The second-order valence-corrected chi connectivity index (χ2v) is 9.67. The molecule has 2 aromatic heterocycles. The van der Waals surface area contributed by atoms with Crippen LogP contribution in [0.4, 0.5) is 0 Å². The Morgan fingerprint density at radius 3 is 2.06 bits per heavy atom. The summed E-state index contributed by atoms with van der Waals surface area (Å²) in [6, 6.07) is 25.8. The van der Waals surface area contributed by atoms with Crippen LogP contribution in [-0.2, 0) is 7.05 Å². The third kappa shape index (κ3) is 2.93. The number of aromatic nitrogens is 3. The fraction of sp³-hybridized carbons (Fsp3) is 0.0345. The minimum Gasteiger partial charge on any atom is -0.311 e. The van der Waals surface area contributed by atoms with Crippen LogP contribution in [0.5, 0.6) is 0 Å². The largest absolute Gasteiger partial charge is 0.311 e. The number of ketones is 2. The number of carbonyl (C=O) groups is 2. The van der Waals surface area contributed by atoms with E-state index in [1.165, 1.54) is 11.3 Å². The lowest BCUT2D eigenvalue weighted by Gasteiger charge is -2.06. The van der Waals surface area contributed by atoms with E-state index < -0.39 is 0 Å². The molecule has 0 N–H and O–H groups in total. The highest BCUT2D eigenvalue weighted by atomic mass is 32.1. The summed E-state index contributed by atoms with van der Waals surface area (Å²) in [5, 5.41) is 4.76. The van der Waals surface area contributed by atoms with Crippen molar-refractivity contribution in [1.82, 2.24) is 14.5 Å². The van der Waals surface area contributed by atoms with E-state index in [1.54, 1.807) is 6.08 Å². The van der Waals surface area contributed by atoms with Crippen molar-refractivity contribution in [2.75, 3.05) is 0 Å². The lowest BCUT2D eigenvalue weighted by Crippen LogP contribution is -2.00. The van der Waals surface area contributed by atoms with Crippen LogP contribution in [-0.4, -0.2) is 26.1 Å². The Bertz CT molecular complexity index is 1850. The number of thiazole rings is 1. The van der Waals surface area contributed by atoms with Crippen LogP contribution in [0.15, 0.2) is 84.4 Å². The van der Waals surface area contributed by atoms with Crippen molar-refractivity contribution in [2.45, 2.75) is 0 Å². The van der Waals surface area contributed by atoms with Crippen molar-refractivity contribution in [3.8, 4) is 11.4 Å². The van der Waals surface area contributed by atoms with Gasteiger partial charge in [0.25, 0.3) is 0 Å². The van der Waals surface area contributed by atoms with Crippen molar-refractivity contribution >= 4 is 61.0 Å². The summed E-state index contributed by atoms with van der Waals surface area (Å²) in [6.07, 6.45) is 1.61. The third-order valence-corrected chi connectivity index (χ3v) is 7.50. The number of imidazole rings is 1. The van der Waals surface area contributed by atoms with E-state index in [2.05, 4.69) is 24.3 Å². The van der Waals surface area contributed by atoms with Crippen LogP contribution in [0.3, 0.4) is 0 Å². The van der Waals surface area contributed by atoms with Gasteiger partial charge in [-0.25, -0.2) is 9.97 Å². The SMILES string of the molecule is Cn1c(-c2cccc3ccccc23)nc2sc(C=C3C(=O)c4cc5ccccc5cc4C3=O)nc21. The highest BCUT2D eigenvalue weighted by molar-refractivity contribution is 7.19. The van der Waals surface area contributed by atoms with Gasteiger partial charge in [-0.3, -0.25) is 9.59 Å². The zero-order chi connectivity index (χ0) is 23.7. The van der Waals surface area contributed by atoms with Crippen LogP contribution < -0.4 is 0 Å². The van der Waals surface area contributed by atoms with Gasteiger partial charge < -0.3 is 4.57 Å². The van der Waals surface area contributed by atoms with Gasteiger partial charge in [0.1, 0.15) is 10.8 Å². The Hall–Kier alpha value is -4.42. The molecule has 0 unspecified atom stereocenters. The molecule has 0 amide bonds. The minimum atomic E-state index is -0.251. The van der Waals surface area contributed by atoms with Crippen molar-refractivity contribution in [3.63, 3.8) is 0 Å². The van der Waals surface area contributed by atoms with E-state index in [0.717, 1.165) is 43.4 Å². The first kappa shape index (κ1) is 20.0. The summed E-state index contributed by atoms with van der Waals surface area (Å²) in [5.41, 5.74) is 2.84. The maximum Gasteiger partial charge on any atom is 0.197 e. The first-order chi connectivity index (χ1) is 17.1. The smallest absolute Gasteiger partial charge is 0.197 e. The molecule has 5 nitrogen and oxygen atoms in total. The van der Waals surface area contributed by atoms with Gasteiger partial charge in [0.05, 0.1) is 5.57 Å². The van der Waals surface area contributed by atoms with Crippen molar-refractivity contribution in [3.05, 3.63) is 101 Å². The molecule has 6 aromatic rings. The van der Waals surface area contributed by atoms with Gasteiger partial charge in [-0.05, 0) is 39.8 Å². The van der Waals surface area contributed by atoms with E-state index in [9.17, 15) is 9.59 Å². The van der Waals surface area contributed by atoms with Crippen LogP contribution in [0.1, 0.15) is 25.7 Å². The van der Waals surface area contributed by atoms with E-state index in [1.807, 2.05) is 66.2 Å². The Kier molecular flexibility index (Phi) is 4.16. The van der Waals surface area contributed by atoms with Gasteiger partial charge >= 0.3 is 0 Å². The van der Waals surface area contributed by atoms with Gasteiger partial charge in [-0.15, -0.1) is 0 Å². The molecule has 0 saturated heterocycles. The number of hydrogen-bond donors (Lipinski definition) is 0. The normalized spacial score (nSPS) is 13.3. The third-order valence-electron chi connectivity index (χ3n) is 6.61. The summed E-state index contributed by atoms with van der Waals surface area (Å²) in [4.78, 5) is 36.6. The summed E-state index contributed by atoms with van der Waals surface area (Å²) < 4.78 is 1.97. The van der Waals surface area contributed by atoms with Gasteiger partial charge in [-0.2, -0.15) is 0 Å². The lowest BCUT2D eigenvalue weighted by molar-refractivity contribution is 0.0990. The zero-order valence-electron chi connectivity index (χ0n) is 18.6. The molecule has 35 heavy (non-hydrogen) atoms. The molecular formula is C29H17N3O2S. The van der Waals surface area contributed by atoms with Crippen molar-refractivity contribution in [2.24, 2.45) is 7.05 Å². The van der Waals surface area contributed by atoms with E-state index in [0.29, 0.717) is 16.1 Å². The van der Waals surface area contributed by atoms with Gasteiger partial charge in [0, 0.05) is 23.7 Å². The first-order valence-electron chi connectivity index (χ1n) is 11.2. The van der Waals surface area contributed by atoms with E-state index >= 15 is 0 Å². The molecule has 0 spiro atoms. The molecule has 0 saturated carbocycles. The van der Waals surface area contributed by atoms with Crippen LogP contribution >= 0.6 is 11.3 Å². The Morgan fingerprint density at radius 1 is 0.743 bits per heavy atom. The maximum absolute atomic E-state index is 13.1. The second kappa shape index (κ2) is 7.29. The highest BCUT2D eigenvalue weighted by Gasteiger charge is 2.33. The quantitative estimate of drug-likeness (QED) is 0.215. The standard InChI is InChI=1S/C29H17N3O2S/c1-32-27(20-12-6-10-16-7-4-5-11-19(16)20)31-29-28(32)30-24(35-29)15-23-25(33)21-13-17-8-2-3-9-18(17)14-22(21)26(23)34/h2-15H,1H3. The molecule has 0 fully saturated rings. The first-order valence-corrected chi connectivity index (χ1v) is 12.1. The van der Waals surface area contributed by atoms with Crippen molar-refractivity contribution < 1.29 is 9.59 Å². The Labute approximate surface area is 204 Å². The molecule has 1 aliphatic rings. The zero-order valence-corrected chi connectivity index (χ0v) is 19.5. The topological polar surface area (TPSA) is 64.8 Å². The van der Waals surface area contributed by atoms with Crippen LogP contribution in [0, 0.1) is 0 Å². The monoisotopic (exact) mass is 471 g/mol. The molecule has 7 rings (SSSR count). The number of benzene rings is 4. The molecular weight excluding hydrogens is 454 g/mol. The van der Waals surface area contributed by atoms with E-state index in [4.69, 9.17) is 9.97 Å². The maximum atomic E-state index is 13.1. The predicted molar refractivity (Wildman–Crippen MR) is 140 cm³/mol. The van der Waals surface area contributed by atoms with Crippen molar-refractivity contribution in [1.29, 1.82) is 0 Å². The fourth-order valence-corrected chi connectivity index (χ4v) is 5.78. The average molecular weight is 472 g/mol. The molecule has 0 aliphatic heterocycles. The molecule has 1 aliphatic carbocycles. The molecule has 6 heteroatoms. The Balaban J connectivity index is 1.31. The number of nitrogens with zero attached hydrogens (tertiary/aromatic N) is 3. The molecule has 0 atom stereocenters. The van der Waals surface area contributed by atoms with Gasteiger partial charge in [-0.1, -0.05) is 78.1 Å².